The monoisotopic (exact) mass is 282 g/mol. The quantitative estimate of drug-likeness (QED) is 0.814. The fourth-order valence-corrected chi connectivity index (χ4v) is 3.07. The van der Waals surface area contributed by atoms with Crippen molar-refractivity contribution in [1.29, 1.82) is 0 Å². The number of nitrogens with zero attached hydrogens (tertiary/aromatic N) is 2. The van der Waals surface area contributed by atoms with Crippen LogP contribution in [0.5, 0.6) is 5.75 Å². The first-order chi connectivity index (χ1) is 9.62. The highest BCUT2D eigenvalue weighted by Gasteiger charge is 2.40. The molecule has 20 heavy (non-hydrogen) atoms. The van der Waals surface area contributed by atoms with Crippen molar-refractivity contribution in [3.05, 3.63) is 11.9 Å². The van der Waals surface area contributed by atoms with Gasteiger partial charge in [-0.2, -0.15) is 5.10 Å². The molecule has 1 saturated carbocycles. The SMILES string of the molecule is CCCn1ncc(OC)c1C(O)C1(O)CCCCCC1. The summed E-state index contributed by atoms with van der Waals surface area (Å²) in [6, 6.07) is 0. The van der Waals surface area contributed by atoms with Gasteiger partial charge in [-0.15, -0.1) is 0 Å². The molecule has 2 rings (SSSR count). The van der Waals surface area contributed by atoms with Crippen molar-refractivity contribution in [3.63, 3.8) is 0 Å². The molecule has 1 fully saturated rings. The number of ether oxygens (including phenoxy) is 1. The van der Waals surface area contributed by atoms with E-state index in [1.54, 1.807) is 18.0 Å². The van der Waals surface area contributed by atoms with E-state index in [0.717, 1.165) is 32.1 Å². The third-order valence-electron chi connectivity index (χ3n) is 4.24. The molecule has 5 nitrogen and oxygen atoms in total. The highest BCUT2D eigenvalue weighted by Crippen LogP contribution is 2.40. The molecule has 1 aromatic rings. The lowest BCUT2D eigenvalue weighted by molar-refractivity contribution is -0.0909. The number of hydrogen-bond acceptors (Lipinski definition) is 4. The zero-order valence-corrected chi connectivity index (χ0v) is 12.5. The second-order valence-corrected chi connectivity index (χ2v) is 5.74. The Labute approximate surface area is 120 Å². The minimum absolute atomic E-state index is 0.559. The summed E-state index contributed by atoms with van der Waals surface area (Å²) in [5.74, 6) is 0.559. The summed E-state index contributed by atoms with van der Waals surface area (Å²) in [6.45, 7) is 2.77. The molecule has 0 aliphatic heterocycles. The molecular formula is C15H26N2O3. The van der Waals surface area contributed by atoms with Crippen molar-refractivity contribution in [1.82, 2.24) is 9.78 Å². The number of rotatable bonds is 5. The number of aliphatic hydroxyl groups excluding tert-OH is 1. The van der Waals surface area contributed by atoms with E-state index < -0.39 is 11.7 Å². The van der Waals surface area contributed by atoms with Crippen molar-refractivity contribution in [2.24, 2.45) is 0 Å². The Balaban J connectivity index is 2.30. The van der Waals surface area contributed by atoms with Crippen LogP contribution in [0.3, 0.4) is 0 Å². The van der Waals surface area contributed by atoms with E-state index in [-0.39, 0.29) is 0 Å². The molecule has 5 heteroatoms. The second-order valence-electron chi connectivity index (χ2n) is 5.74. The lowest BCUT2D eigenvalue weighted by atomic mass is 9.86. The maximum Gasteiger partial charge on any atom is 0.162 e. The van der Waals surface area contributed by atoms with E-state index in [1.807, 2.05) is 0 Å². The average Bonchev–Trinajstić information content (AvgIpc) is 2.71. The smallest absolute Gasteiger partial charge is 0.162 e. The van der Waals surface area contributed by atoms with Crippen molar-refractivity contribution >= 4 is 0 Å². The summed E-state index contributed by atoms with van der Waals surface area (Å²) in [5.41, 5.74) is -0.450. The standard InChI is InChI=1S/C15H26N2O3/c1-3-10-17-13(12(20-2)11-16-17)14(18)15(19)8-6-4-5-7-9-15/h11,14,18-19H,3-10H2,1-2H3. The molecule has 0 spiro atoms. The Bertz CT molecular complexity index is 423. The minimum atomic E-state index is -1.06. The molecule has 1 unspecified atom stereocenters. The van der Waals surface area contributed by atoms with Gasteiger partial charge in [0.2, 0.25) is 0 Å². The molecule has 2 N–H and O–H groups in total. The van der Waals surface area contributed by atoms with Crippen LogP contribution in [-0.4, -0.2) is 32.7 Å². The molecule has 1 heterocycles. The normalized spacial score (nSPS) is 20.4. The molecule has 1 aromatic heterocycles. The van der Waals surface area contributed by atoms with E-state index >= 15 is 0 Å². The van der Waals surface area contributed by atoms with Crippen molar-refractivity contribution < 1.29 is 14.9 Å². The number of hydrogen-bond donors (Lipinski definition) is 2. The Hall–Kier alpha value is -1.07. The zero-order valence-electron chi connectivity index (χ0n) is 12.5. The van der Waals surface area contributed by atoms with Crippen LogP contribution in [0.25, 0.3) is 0 Å². The molecule has 0 bridgehead atoms. The third kappa shape index (κ3) is 2.99. The predicted molar refractivity (Wildman–Crippen MR) is 76.7 cm³/mol. The predicted octanol–water partition coefficient (Wildman–Crippen LogP) is 2.42. The first-order valence-electron chi connectivity index (χ1n) is 7.62. The van der Waals surface area contributed by atoms with Gasteiger partial charge in [-0.1, -0.05) is 32.6 Å². The van der Waals surface area contributed by atoms with E-state index in [0.29, 0.717) is 30.8 Å². The molecule has 0 radical (unpaired) electrons. The van der Waals surface area contributed by atoms with E-state index in [4.69, 9.17) is 4.74 Å². The average molecular weight is 282 g/mol. The number of aryl methyl sites for hydroxylation is 1. The Morgan fingerprint density at radius 1 is 1.35 bits per heavy atom. The van der Waals surface area contributed by atoms with Gasteiger partial charge in [0.1, 0.15) is 11.8 Å². The second kappa shape index (κ2) is 6.59. The summed E-state index contributed by atoms with van der Waals surface area (Å²) in [7, 11) is 1.57. The van der Waals surface area contributed by atoms with Gasteiger partial charge in [0.25, 0.3) is 0 Å². The highest BCUT2D eigenvalue weighted by atomic mass is 16.5. The Morgan fingerprint density at radius 2 is 2.00 bits per heavy atom. The third-order valence-corrected chi connectivity index (χ3v) is 4.24. The maximum atomic E-state index is 10.9. The fourth-order valence-electron chi connectivity index (χ4n) is 3.07. The number of methoxy groups -OCH3 is 1. The summed E-state index contributed by atoms with van der Waals surface area (Å²) in [4.78, 5) is 0. The fraction of sp³-hybridized carbons (Fsp3) is 0.800. The molecule has 0 aromatic carbocycles. The summed E-state index contributed by atoms with van der Waals surface area (Å²) in [5, 5.41) is 25.9. The summed E-state index contributed by atoms with van der Waals surface area (Å²) >= 11 is 0. The number of aromatic nitrogens is 2. The molecule has 1 atom stereocenters. The highest BCUT2D eigenvalue weighted by molar-refractivity contribution is 5.29. The van der Waals surface area contributed by atoms with Crippen LogP contribution in [0.2, 0.25) is 0 Å². The molecule has 0 saturated heterocycles. The minimum Gasteiger partial charge on any atom is -0.493 e. The van der Waals surface area contributed by atoms with Gasteiger partial charge in [-0.05, 0) is 19.3 Å². The van der Waals surface area contributed by atoms with Crippen molar-refractivity contribution in [2.45, 2.75) is 70.1 Å². The molecule has 114 valence electrons. The first-order valence-corrected chi connectivity index (χ1v) is 7.62. The zero-order chi connectivity index (χ0) is 14.6. The number of aliphatic hydroxyl groups is 2. The Morgan fingerprint density at radius 3 is 2.55 bits per heavy atom. The van der Waals surface area contributed by atoms with Crippen LogP contribution in [0, 0.1) is 0 Å². The van der Waals surface area contributed by atoms with Crippen LogP contribution in [0.1, 0.15) is 63.7 Å². The molecular weight excluding hydrogens is 256 g/mol. The van der Waals surface area contributed by atoms with Crippen LogP contribution in [-0.2, 0) is 6.54 Å². The first kappa shape index (κ1) is 15.3. The van der Waals surface area contributed by atoms with E-state index in [1.165, 1.54) is 0 Å². The molecule has 1 aliphatic carbocycles. The van der Waals surface area contributed by atoms with Gasteiger partial charge < -0.3 is 14.9 Å². The van der Waals surface area contributed by atoms with Crippen LogP contribution in [0.15, 0.2) is 6.20 Å². The van der Waals surface area contributed by atoms with Gasteiger partial charge in [-0.25, -0.2) is 0 Å². The lowest BCUT2D eigenvalue weighted by Crippen LogP contribution is -2.37. The summed E-state index contributed by atoms with van der Waals surface area (Å²) < 4.78 is 7.06. The van der Waals surface area contributed by atoms with Gasteiger partial charge in [-0.3, -0.25) is 4.68 Å². The van der Waals surface area contributed by atoms with Crippen LogP contribution in [0.4, 0.5) is 0 Å². The topological polar surface area (TPSA) is 67.5 Å². The van der Waals surface area contributed by atoms with Gasteiger partial charge in [0.05, 0.1) is 18.9 Å². The molecule has 0 amide bonds. The van der Waals surface area contributed by atoms with Gasteiger partial charge >= 0.3 is 0 Å². The Kier molecular flexibility index (Phi) is 5.05. The lowest BCUT2D eigenvalue weighted by Gasteiger charge is -2.32. The van der Waals surface area contributed by atoms with Gasteiger partial charge in [0.15, 0.2) is 5.75 Å². The van der Waals surface area contributed by atoms with E-state index in [9.17, 15) is 10.2 Å². The van der Waals surface area contributed by atoms with E-state index in [2.05, 4.69) is 12.0 Å². The van der Waals surface area contributed by atoms with Crippen molar-refractivity contribution in [3.8, 4) is 5.75 Å². The van der Waals surface area contributed by atoms with Gasteiger partial charge in [0, 0.05) is 6.54 Å². The van der Waals surface area contributed by atoms with Crippen LogP contribution < -0.4 is 4.74 Å². The maximum absolute atomic E-state index is 10.9. The van der Waals surface area contributed by atoms with Crippen LogP contribution >= 0.6 is 0 Å². The molecule has 1 aliphatic rings. The summed E-state index contributed by atoms with van der Waals surface area (Å²) in [6.07, 6.45) is 7.03. The van der Waals surface area contributed by atoms with Crippen molar-refractivity contribution in [2.75, 3.05) is 7.11 Å². The largest absolute Gasteiger partial charge is 0.493 e.